The van der Waals surface area contributed by atoms with Crippen LogP contribution in [0.5, 0.6) is 0 Å². The van der Waals surface area contributed by atoms with Gasteiger partial charge in [-0.3, -0.25) is 38.4 Å². The molecule has 0 amide bonds. The number of nitrogens with one attached hydrogen (secondary N) is 2. The van der Waals surface area contributed by atoms with Gasteiger partial charge in [0, 0.05) is 22.1 Å². The predicted molar refractivity (Wildman–Crippen MR) is 196 cm³/mol. The van der Waals surface area contributed by atoms with Crippen LogP contribution in [0.25, 0.3) is 44.4 Å². The molecule has 14 aliphatic rings. The third-order valence-electron chi connectivity index (χ3n) is 14.1. The number of Topliss-reactive ketones (excluding diaryl/α,β-unsaturated/α-hetero) is 8. The third-order valence-corrected chi connectivity index (χ3v) is 14.1. The van der Waals surface area contributed by atoms with E-state index in [2.05, 4.69) is 9.97 Å². The molecule has 2 fully saturated rings. The summed E-state index contributed by atoms with van der Waals surface area (Å²) in [7, 11) is 0. The highest BCUT2D eigenvalue weighted by Gasteiger charge is 2.52. The lowest BCUT2D eigenvalue weighted by atomic mass is 9.65. The van der Waals surface area contributed by atoms with Crippen LogP contribution >= 0.6 is 0 Å². The van der Waals surface area contributed by atoms with E-state index in [4.69, 9.17) is 9.97 Å². The molecule has 270 valence electrons. The normalized spacial score (nSPS) is 31.3. The van der Waals surface area contributed by atoms with E-state index in [0.717, 1.165) is 0 Å². The minimum atomic E-state index is -0.877. The number of aromatic amines is 2. The molecule has 0 saturated heterocycles. The Balaban J connectivity index is 1.21. The van der Waals surface area contributed by atoms with Crippen molar-refractivity contribution in [3.8, 4) is 0 Å². The summed E-state index contributed by atoms with van der Waals surface area (Å²) in [6.07, 6.45) is 8.90. The summed E-state index contributed by atoms with van der Waals surface area (Å²) >= 11 is 0. The fourth-order valence-corrected chi connectivity index (χ4v) is 11.7. The zero-order chi connectivity index (χ0) is 37.8. The zero-order valence-corrected chi connectivity index (χ0v) is 29.2. The van der Waals surface area contributed by atoms with Gasteiger partial charge in [-0.15, -0.1) is 0 Å². The largest absolute Gasteiger partial charge is 0.355 e. The van der Waals surface area contributed by atoms with E-state index in [1.54, 1.807) is 42.5 Å². The van der Waals surface area contributed by atoms with E-state index in [0.29, 0.717) is 115 Å². The Morgan fingerprint density at radius 2 is 0.625 bits per heavy atom. The summed E-state index contributed by atoms with van der Waals surface area (Å²) in [4.78, 5) is 125. The van der Waals surface area contributed by atoms with Crippen molar-refractivity contribution in [2.45, 2.75) is 49.4 Å². The Morgan fingerprint density at radius 1 is 0.357 bits per heavy atom. The van der Waals surface area contributed by atoms with Gasteiger partial charge in [-0.25, -0.2) is 9.97 Å². The van der Waals surface area contributed by atoms with E-state index in [1.807, 2.05) is 6.07 Å². The lowest BCUT2D eigenvalue weighted by Crippen LogP contribution is -2.38. The van der Waals surface area contributed by atoms with Gasteiger partial charge in [0.05, 0.1) is 70.1 Å². The predicted octanol–water partition coefficient (Wildman–Crippen LogP) is 4.27. The highest BCUT2D eigenvalue weighted by atomic mass is 16.2. The highest BCUT2D eigenvalue weighted by Crippen LogP contribution is 2.55. The number of nitrogens with zero attached hydrogens (tertiary/aromatic N) is 2. The topological polar surface area (TPSA) is 194 Å². The number of fused-ring (bicyclic) bond motifs is 14. The molecular weight excluding hydrogens is 713 g/mol. The highest BCUT2D eigenvalue weighted by molar-refractivity contribution is 6.49. The summed E-state index contributed by atoms with van der Waals surface area (Å²) < 4.78 is 0. The third kappa shape index (κ3) is 3.40. The minimum Gasteiger partial charge on any atom is -0.355 e. The first-order valence-electron chi connectivity index (χ1n) is 19.1. The van der Waals surface area contributed by atoms with Crippen LogP contribution in [-0.2, 0) is 38.4 Å². The smallest absolute Gasteiger partial charge is 0.210 e. The molecule has 56 heavy (non-hydrogen) atoms. The van der Waals surface area contributed by atoms with Crippen LogP contribution in [0.4, 0.5) is 0 Å². The van der Waals surface area contributed by atoms with Crippen molar-refractivity contribution in [1.29, 1.82) is 0 Å². The average molecular weight is 739 g/mol. The number of allylic oxidation sites excluding steroid dienone is 8. The van der Waals surface area contributed by atoms with Gasteiger partial charge >= 0.3 is 0 Å². The molecule has 3 aromatic rings. The van der Waals surface area contributed by atoms with Gasteiger partial charge in [0.25, 0.3) is 0 Å². The van der Waals surface area contributed by atoms with Crippen molar-refractivity contribution < 1.29 is 38.4 Å². The van der Waals surface area contributed by atoms with Gasteiger partial charge in [-0.05, 0) is 94.5 Å². The van der Waals surface area contributed by atoms with Crippen LogP contribution in [0.1, 0.15) is 94.4 Å². The van der Waals surface area contributed by atoms with Gasteiger partial charge in [0.15, 0.2) is 0 Å². The quantitative estimate of drug-likeness (QED) is 0.249. The molecule has 8 unspecified atom stereocenters. The molecule has 3 aromatic heterocycles. The van der Waals surface area contributed by atoms with Crippen LogP contribution in [0.2, 0.25) is 0 Å². The van der Waals surface area contributed by atoms with Crippen LogP contribution in [-0.4, -0.2) is 66.2 Å². The summed E-state index contributed by atoms with van der Waals surface area (Å²) in [6.45, 7) is 0. The zero-order valence-electron chi connectivity index (χ0n) is 29.2. The van der Waals surface area contributed by atoms with E-state index in [-0.39, 0.29) is 0 Å². The Kier molecular flexibility index (Phi) is 5.38. The standard InChI is InChI=1S/C44H26N4O8/c49-37-13-1-2-14(38(37)50)30-22-10-24-32-16-5-6-18(42(54)40(16)52)34(32)26(47-24)12-28-36-20-8-7-19(43(55)44(20)56)35(36)27(48-28)11-25-33-17-4-3-15(39(51)41(17)53)31(33)23(46-25)9-21(45-22)29(13)30/h1-4,9-20,47-48H,5-8H2. The molecule has 0 radical (unpaired) electrons. The molecule has 0 aromatic carbocycles. The second-order valence-electron chi connectivity index (χ2n) is 16.5. The van der Waals surface area contributed by atoms with Gasteiger partial charge in [-0.2, -0.15) is 0 Å². The van der Waals surface area contributed by atoms with Crippen molar-refractivity contribution in [2.75, 3.05) is 0 Å². The first kappa shape index (κ1) is 30.7. The van der Waals surface area contributed by atoms with Gasteiger partial charge in [0.1, 0.15) is 0 Å². The molecule has 8 atom stereocenters. The number of ketones is 8. The Hall–Kier alpha value is -6.56. The molecule has 5 heterocycles. The minimum absolute atomic E-state index is 0.399. The lowest BCUT2D eigenvalue weighted by Gasteiger charge is -2.34. The summed E-state index contributed by atoms with van der Waals surface area (Å²) in [6, 6.07) is 7.18. The molecule has 16 bridgehead atoms. The van der Waals surface area contributed by atoms with Crippen LogP contribution in [0, 0.1) is 23.7 Å². The van der Waals surface area contributed by atoms with Crippen molar-refractivity contribution in [2.24, 2.45) is 23.7 Å². The number of carbonyl (C=O) groups excluding carboxylic acids is 8. The summed E-state index contributed by atoms with van der Waals surface area (Å²) in [5.41, 5.74) is 9.05. The van der Waals surface area contributed by atoms with E-state index in [9.17, 15) is 38.4 Å². The second-order valence-corrected chi connectivity index (χ2v) is 16.5. The fourth-order valence-electron chi connectivity index (χ4n) is 11.7. The van der Waals surface area contributed by atoms with Crippen molar-refractivity contribution in [1.82, 2.24) is 19.9 Å². The first-order valence-corrected chi connectivity index (χ1v) is 19.1. The maximum atomic E-state index is 13.5. The van der Waals surface area contributed by atoms with E-state index >= 15 is 0 Å². The Labute approximate surface area is 314 Å². The Morgan fingerprint density at radius 3 is 0.929 bits per heavy atom. The van der Waals surface area contributed by atoms with Crippen LogP contribution in [0.15, 0.2) is 48.6 Å². The van der Waals surface area contributed by atoms with Gasteiger partial charge in [0.2, 0.25) is 46.3 Å². The molecule has 2 N–H and O–H groups in total. The monoisotopic (exact) mass is 738 g/mol. The molecule has 2 aliphatic heterocycles. The average Bonchev–Trinajstić information content (AvgIpc) is 3.96. The lowest BCUT2D eigenvalue weighted by molar-refractivity contribution is -0.140. The van der Waals surface area contributed by atoms with Crippen molar-refractivity contribution in [3.05, 3.63) is 93.6 Å². The molecule has 12 aliphatic carbocycles. The number of rotatable bonds is 0. The SMILES string of the molecule is O=C1C(=O)C2C=CC1C1=C2c2cc3[nH]c(cc4[nH]c(cc5nc(cc1n2)C1=C5C2C=CC1C(=O)C2=O)c1c4C2CCC1C(=O)C2=O)c1c3C2CCC1C(=O)C2=O. The van der Waals surface area contributed by atoms with E-state index < -0.39 is 93.6 Å². The molecular formula is C44H26N4O8. The first-order chi connectivity index (χ1) is 27.1. The molecule has 12 nitrogen and oxygen atoms in total. The van der Waals surface area contributed by atoms with Crippen LogP contribution < -0.4 is 0 Å². The van der Waals surface area contributed by atoms with Crippen LogP contribution in [0.3, 0.4) is 0 Å². The van der Waals surface area contributed by atoms with Gasteiger partial charge < -0.3 is 9.97 Å². The second kappa shape index (κ2) is 9.81. The summed E-state index contributed by atoms with van der Waals surface area (Å²) in [5.74, 6) is -10.1. The van der Waals surface area contributed by atoms with Crippen molar-refractivity contribution >= 4 is 90.6 Å². The van der Waals surface area contributed by atoms with E-state index in [1.165, 1.54) is 0 Å². The maximum Gasteiger partial charge on any atom is 0.210 e. The fraction of sp³-hybridized carbons (Fsp3) is 0.273. The molecule has 12 heteroatoms. The number of hydrogen-bond donors (Lipinski definition) is 2. The molecule has 17 rings (SSSR count). The molecule has 0 spiro atoms. The number of H-pyrrole nitrogens is 2. The number of hydrogen-bond acceptors (Lipinski definition) is 10. The van der Waals surface area contributed by atoms with Crippen molar-refractivity contribution in [3.63, 3.8) is 0 Å². The summed E-state index contributed by atoms with van der Waals surface area (Å²) in [5, 5.41) is 0. The Bertz CT molecular complexity index is 2840. The number of carbonyl (C=O) groups is 8. The molecule has 2 saturated carbocycles. The maximum absolute atomic E-state index is 13.5. The van der Waals surface area contributed by atoms with Gasteiger partial charge in [-0.1, -0.05) is 24.3 Å². The number of aromatic nitrogens is 4.